The number of carbonyl (C=O) groups excluding carboxylic acids is 1. The zero-order valence-electron chi connectivity index (χ0n) is 11.4. The van der Waals surface area contributed by atoms with Crippen molar-refractivity contribution in [3.8, 4) is 0 Å². The monoisotopic (exact) mass is 305 g/mol. The molecule has 3 rings (SSSR count). The van der Waals surface area contributed by atoms with Crippen molar-refractivity contribution in [2.45, 2.75) is 6.42 Å². The molecular formula is C15H13ClFN3O. The van der Waals surface area contributed by atoms with E-state index in [1.54, 1.807) is 42.3 Å². The van der Waals surface area contributed by atoms with Crippen molar-refractivity contribution in [2.75, 3.05) is 23.4 Å². The topological polar surface area (TPSA) is 36.4 Å². The van der Waals surface area contributed by atoms with Crippen LogP contribution in [0, 0.1) is 5.82 Å². The molecule has 0 aliphatic carbocycles. The highest BCUT2D eigenvalue weighted by molar-refractivity contribution is 6.29. The number of halogens is 2. The summed E-state index contributed by atoms with van der Waals surface area (Å²) in [5, 5.41) is 0.304. The van der Waals surface area contributed by atoms with E-state index in [9.17, 15) is 9.18 Å². The summed E-state index contributed by atoms with van der Waals surface area (Å²) in [5.41, 5.74) is 1.00. The van der Waals surface area contributed by atoms with E-state index in [0.717, 1.165) is 0 Å². The summed E-state index contributed by atoms with van der Waals surface area (Å²) in [6.45, 7) is 0.352. The molecule has 0 saturated heterocycles. The molecule has 0 bridgehead atoms. The van der Waals surface area contributed by atoms with Gasteiger partial charge in [-0.3, -0.25) is 4.79 Å². The highest BCUT2D eigenvalue weighted by atomic mass is 35.5. The quantitative estimate of drug-likeness (QED) is 0.758. The molecule has 0 fully saturated rings. The molecule has 21 heavy (non-hydrogen) atoms. The lowest BCUT2D eigenvalue weighted by atomic mass is 10.2. The molecule has 6 heteroatoms. The number of para-hydroxylation sites is 1. The van der Waals surface area contributed by atoms with Gasteiger partial charge < -0.3 is 9.80 Å². The van der Waals surface area contributed by atoms with Gasteiger partial charge in [0.1, 0.15) is 11.0 Å². The van der Waals surface area contributed by atoms with E-state index in [1.807, 2.05) is 0 Å². The van der Waals surface area contributed by atoms with Crippen LogP contribution < -0.4 is 9.80 Å². The highest BCUT2D eigenvalue weighted by Gasteiger charge is 2.27. The fourth-order valence-electron chi connectivity index (χ4n) is 2.40. The molecule has 1 aromatic carbocycles. The Bertz CT molecular complexity index is 707. The summed E-state index contributed by atoms with van der Waals surface area (Å²) in [5.74, 6) is 0.0855. The van der Waals surface area contributed by atoms with E-state index in [0.29, 0.717) is 28.9 Å². The largest absolute Gasteiger partial charge is 0.322 e. The lowest BCUT2D eigenvalue weighted by Gasteiger charge is -2.24. The van der Waals surface area contributed by atoms with Gasteiger partial charge in [0.05, 0.1) is 11.4 Å². The van der Waals surface area contributed by atoms with Gasteiger partial charge in [0.25, 0.3) is 0 Å². The molecule has 0 spiro atoms. The molecule has 108 valence electrons. The number of hydrogen-bond donors (Lipinski definition) is 0. The molecule has 2 aromatic rings. The summed E-state index contributed by atoms with van der Waals surface area (Å²) < 4.78 is 14.1. The number of rotatable bonds is 1. The van der Waals surface area contributed by atoms with Gasteiger partial charge >= 0.3 is 0 Å². The zero-order chi connectivity index (χ0) is 15.0. The Morgan fingerprint density at radius 3 is 2.71 bits per heavy atom. The first-order valence-corrected chi connectivity index (χ1v) is 6.91. The Morgan fingerprint density at radius 2 is 1.95 bits per heavy atom. The SMILES string of the molecule is CN1C(=O)CCN(c2ccccc2F)c2nc(Cl)ccc21. The maximum atomic E-state index is 14.1. The number of anilines is 3. The third-order valence-electron chi connectivity index (χ3n) is 3.50. The van der Waals surface area contributed by atoms with Crippen molar-refractivity contribution in [3.05, 3.63) is 47.4 Å². The second kappa shape index (κ2) is 5.33. The van der Waals surface area contributed by atoms with Crippen molar-refractivity contribution in [2.24, 2.45) is 0 Å². The lowest BCUT2D eigenvalue weighted by Crippen LogP contribution is -2.25. The van der Waals surface area contributed by atoms with Crippen molar-refractivity contribution in [1.29, 1.82) is 0 Å². The normalized spacial score (nSPS) is 14.9. The summed E-state index contributed by atoms with van der Waals surface area (Å²) in [7, 11) is 1.68. The molecule has 4 nitrogen and oxygen atoms in total. The Labute approximate surface area is 126 Å². The maximum Gasteiger partial charge on any atom is 0.228 e. The number of carbonyl (C=O) groups is 1. The van der Waals surface area contributed by atoms with Crippen molar-refractivity contribution in [3.63, 3.8) is 0 Å². The molecule has 1 amide bonds. The van der Waals surface area contributed by atoms with E-state index in [2.05, 4.69) is 4.98 Å². The fraction of sp³-hybridized carbons (Fsp3) is 0.200. The van der Waals surface area contributed by atoms with Crippen molar-refractivity contribution < 1.29 is 9.18 Å². The summed E-state index contributed by atoms with van der Waals surface area (Å²) in [4.78, 5) is 19.6. The third kappa shape index (κ3) is 2.45. The van der Waals surface area contributed by atoms with Gasteiger partial charge in [-0.15, -0.1) is 0 Å². The third-order valence-corrected chi connectivity index (χ3v) is 3.71. The minimum absolute atomic E-state index is 0.0424. The molecule has 0 radical (unpaired) electrons. The number of fused-ring (bicyclic) bond motifs is 1. The van der Waals surface area contributed by atoms with Gasteiger partial charge in [0.2, 0.25) is 5.91 Å². The van der Waals surface area contributed by atoms with Gasteiger partial charge in [-0.05, 0) is 24.3 Å². The van der Waals surface area contributed by atoms with Crippen LogP contribution in [0.5, 0.6) is 0 Å². The molecule has 1 aromatic heterocycles. The molecule has 0 atom stereocenters. The predicted octanol–water partition coefficient (Wildman–Crippen LogP) is 3.38. The standard InChI is InChI=1S/C15H13ClFN3O/c1-19-12-6-7-13(16)18-15(12)20(9-8-14(19)21)11-5-3-2-4-10(11)17/h2-7H,8-9H2,1H3. The van der Waals surface area contributed by atoms with Gasteiger partial charge in [0.15, 0.2) is 5.82 Å². The van der Waals surface area contributed by atoms with E-state index in [1.165, 1.54) is 11.0 Å². The predicted molar refractivity (Wildman–Crippen MR) is 80.7 cm³/mol. The van der Waals surface area contributed by atoms with Crippen LogP contribution in [-0.4, -0.2) is 24.5 Å². The summed E-state index contributed by atoms with van der Waals surface area (Å²) in [6.07, 6.45) is 0.277. The van der Waals surface area contributed by atoms with Crippen LogP contribution in [0.4, 0.5) is 21.6 Å². The molecule has 0 unspecified atom stereocenters. The first-order chi connectivity index (χ1) is 10.1. The second-order valence-electron chi connectivity index (χ2n) is 4.78. The molecular weight excluding hydrogens is 293 g/mol. The number of nitrogens with zero attached hydrogens (tertiary/aromatic N) is 3. The van der Waals surface area contributed by atoms with Crippen LogP contribution >= 0.6 is 11.6 Å². The highest BCUT2D eigenvalue weighted by Crippen LogP contribution is 2.36. The second-order valence-corrected chi connectivity index (χ2v) is 5.17. The van der Waals surface area contributed by atoms with Crippen molar-refractivity contribution >= 4 is 34.7 Å². The molecule has 2 heterocycles. The molecule has 1 aliphatic heterocycles. The van der Waals surface area contributed by atoms with Crippen LogP contribution in [-0.2, 0) is 4.79 Å². The van der Waals surface area contributed by atoms with Gasteiger partial charge in [-0.2, -0.15) is 0 Å². The molecule has 0 N–H and O–H groups in total. The average molecular weight is 306 g/mol. The Morgan fingerprint density at radius 1 is 1.19 bits per heavy atom. The number of hydrogen-bond acceptors (Lipinski definition) is 3. The Balaban J connectivity index is 2.19. The minimum atomic E-state index is -0.359. The minimum Gasteiger partial charge on any atom is -0.322 e. The average Bonchev–Trinajstić information content (AvgIpc) is 2.59. The van der Waals surface area contributed by atoms with Crippen LogP contribution in [0.25, 0.3) is 0 Å². The number of pyridine rings is 1. The lowest BCUT2D eigenvalue weighted by molar-refractivity contribution is -0.118. The van der Waals surface area contributed by atoms with E-state index in [4.69, 9.17) is 11.6 Å². The smallest absolute Gasteiger partial charge is 0.228 e. The molecule has 0 saturated carbocycles. The van der Waals surface area contributed by atoms with E-state index in [-0.39, 0.29) is 18.1 Å². The van der Waals surface area contributed by atoms with Crippen LogP contribution in [0.1, 0.15) is 6.42 Å². The van der Waals surface area contributed by atoms with Crippen LogP contribution in [0.15, 0.2) is 36.4 Å². The van der Waals surface area contributed by atoms with Gasteiger partial charge in [0, 0.05) is 20.0 Å². The van der Waals surface area contributed by atoms with Crippen molar-refractivity contribution in [1.82, 2.24) is 4.98 Å². The number of benzene rings is 1. The van der Waals surface area contributed by atoms with Gasteiger partial charge in [-0.1, -0.05) is 23.7 Å². The Kier molecular flexibility index (Phi) is 3.51. The van der Waals surface area contributed by atoms with Gasteiger partial charge in [-0.25, -0.2) is 9.37 Å². The number of aromatic nitrogens is 1. The molecule has 1 aliphatic rings. The Hall–Kier alpha value is -2.14. The maximum absolute atomic E-state index is 14.1. The van der Waals surface area contributed by atoms with Crippen LogP contribution in [0.3, 0.4) is 0 Å². The van der Waals surface area contributed by atoms with E-state index < -0.39 is 0 Å². The summed E-state index contributed by atoms with van der Waals surface area (Å²) >= 11 is 5.97. The number of amides is 1. The fourth-order valence-corrected chi connectivity index (χ4v) is 2.54. The first kappa shape index (κ1) is 13.8. The first-order valence-electron chi connectivity index (χ1n) is 6.53. The summed E-state index contributed by atoms with van der Waals surface area (Å²) in [6, 6.07) is 9.77. The van der Waals surface area contributed by atoms with E-state index >= 15 is 0 Å². The van der Waals surface area contributed by atoms with Crippen LogP contribution in [0.2, 0.25) is 5.15 Å². The zero-order valence-corrected chi connectivity index (χ0v) is 12.1.